The summed E-state index contributed by atoms with van der Waals surface area (Å²) >= 11 is 1.20. The van der Waals surface area contributed by atoms with Crippen molar-refractivity contribution in [3.8, 4) is 0 Å². The Labute approximate surface area is 92.2 Å². The highest BCUT2D eigenvalue weighted by Crippen LogP contribution is 2.06. The van der Waals surface area contributed by atoms with Crippen LogP contribution in [0.4, 0.5) is 5.69 Å². The average Bonchev–Trinajstić information content (AvgIpc) is 2.18. The number of nitrogens with one attached hydrogen (secondary N) is 1. The molecule has 80 valence electrons. The van der Waals surface area contributed by atoms with Gasteiger partial charge in [0.1, 0.15) is 0 Å². The highest BCUT2D eigenvalue weighted by molar-refractivity contribution is 8.00. The SMILES string of the molecule is NC(=O)CSCC(=O)Nc1ccccc1. The maximum Gasteiger partial charge on any atom is 0.234 e. The van der Waals surface area contributed by atoms with Crippen molar-refractivity contribution in [1.29, 1.82) is 0 Å². The smallest absolute Gasteiger partial charge is 0.234 e. The lowest BCUT2D eigenvalue weighted by Gasteiger charge is -2.03. The van der Waals surface area contributed by atoms with Crippen molar-refractivity contribution in [2.75, 3.05) is 16.8 Å². The Kier molecular flexibility index (Phi) is 4.70. The first kappa shape index (κ1) is 11.6. The molecule has 0 radical (unpaired) electrons. The minimum Gasteiger partial charge on any atom is -0.369 e. The molecule has 2 amide bonds. The Morgan fingerprint density at radius 2 is 1.87 bits per heavy atom. The van der Waals surface area contributed by atoms with Gasteiger partial charge in [-0.2, -0.15) is 0 Å². The third-order valence-electron chi connectivity index (χ3n) is 1.54. The van der Waals surface area contributed by atoms with Crippen LogP contribution in [-0.2, 0) is 9.59 Å². The lowest BCUT2D eigenvalue weighted by atomic mass is 10.3. The van der Waals surface area contributed by atoms with Gasteiger partial charge in [-0.1, -0.05) is 18.2 Å². The average molecular weight is 224 g/mol. The number of benzene rings is 1. The van der Waals surface area contributed by atoms with Gasteiger partial charge in [-0.25, -0.2) is 0 Å². The van der Waals surface area contributed by atoms with Gasteiger partial charge in [-0.15, -0.1) is 11.8 Å². The molecule has 5 heteroatoms. The molecule has 0 saturated heterocycles. The summed E-state index contributed by atoms with van der Waals surface area (Å²) in [6.45, 7) is 0. The summed E-state index contributed by atoms with van der Waals surface area (Å²) in [6, 6.07) is 9.16. The zero-order chi connectivity index (χ0) is 11.1. The number of rotatable bonds is 5. The molecule has 1 aromatic rings. The second kappa shape index (κ2) is 6.08. The molecule has 1 rings (SSSR count). The van der Waals surface area contributed by atoms with E-state index in [0.717, 1.165) is 5.69 Å². The number of carbonyl (C=O) groups is 2. The number of primary amides is 1. The zero-order valence-corrected chi connectivity index (χ0v) is 8.92. The molecule has 0 unspecified atom stereocenters. The Morgan fingerprint density at radius 1 is 1.20 bits per heavy atom. The predicted octanol–water partition coefficient (Wildman–Crippen LogP) is 0.844. The van der Waals surface area contributed by atoms with Crippen LogP contribution in [0.25, 0.3) is 0 Å². The largest absolute Gasteiger partial charge is 0.369 e. The number of anilines is 1. The monoisotopic (exact) mass is 224 g/mol. The topological polar surface area (TPSA) is 72.2 Å². The van der Waals surface area contributed by atoms with E-state index in [9.17, 15) is 9.59 Å². The Balaban J connectivity index is 2.28. The Bertz CT molecular complexity index is 341. The number of amides is 2. The van der Waals surface area contributed by atoms with Crippen LogP contribution in [0.2, 0.25) is 0 Å². The summed E-state index contributed by atoms with van der Waals surface area (Å²) < 4.78 is 0. The van der Waals surface area contributed by atoms with E-state index in [0.29, 0.717) is 0 Å². The fraction of sp³-hybridized carbons (Fsp3) is 0.200. The third kappa shape index (κ3) is 5.07. The van der Waals surface area contributed by atoms with E-state index in [-0.39, 0.29) is 17.4 Å². The summed E-state index contributed by atoms with van der Waals surface area (Å²) in [5.41, 5.74) is 5.69. The van der Waals surface area contributed by atoms with E-state index < -0.39 is 5.91 Å². The minimum atomic E-state index is -0.410. The standard InChI is InChI=1S/C10H12N2O2S/c11-9(13)6-15-7-10(14)12-8-4-2-1-3-5-8/h1-5H,6-7H2,(H2,11,13)(H,12,14). The minimum absolute atomic E-state index is 0.132. The number of nitrogens with two attached hydrogens (primary N) is 1. The second-order valence-corrected chi connectivity index (χ2v) is 3.86. The molecule has 0 spiro atoms. The van der Waals surface area contributed by atoms with E-state index in [1.165, 1.54) is 11.8 Å². The van der Waals surface area contributed by atoms with Crippen LogP contribution in [-0.4, -0.2) is 23.3 Å². The molecule has 0 aliphatic rings. The molecule has 0 bridgehead atoms. The van der Waals surface area contributed by atoms with Crippen LogP contribution in [0.15, 0.2) is 30.3 Å². The summed E-state index contributed by atoms with van der Waals surface area (Å²) in [4.78, 5) is 21.7. The molecule has 0 saturated carbocycles. The summed E-state index contributed by atoms with van der Waals surface area (Å²) in [6.07, 6.45) is 0. The van der Waals surface area contributed by atoms with Gasteiger partial charge in [-0.3, -0.25) is 9.59 Å². The molecule has 0 aliphatic heterocycles. The van der Waals surface area contributed by atoms with Crippen LogP contribution in [0, 0.1) is 0 Å². The van der Waals surface area contributed by atoms with Crippen molar-refractivity contribution in [2.24, 2.45) is 5.73 Å². The van der Waals surface area contributed by atoms with Gasteiger partial charge in [0, 0.05) is 5.69 Å². The van der Waals surface area contributed by atoms with Crippen molar-refractivity contribution in [3.63, 3.8) is 0 Å². The van der Waals surface area contributed by atoms with Gasteiger partial charge < -0.3 is 11.1 Å². The molecule has 0 aliphatic carbocycles. The highest BCUT2D eigenvalue weighted by Gasteiger charge is 2.03. The van der Waals surface area contributed by atoms with E-state index >= 15 is 0 Å². The van der Waals surface area contributed by atoms with Crippen LogP contribution in [0.5, 0.6) is 0 Å². The number of hydrogen-bond donors (Lipinski definition) is 2. The van der Waals surface area contributed by atoms with Gasteiger partial charge >= 0.3 is 0 Å². The van der Waals surface area contributed by atoms with Crippen molar-refractivity contribution >= 4 is 29.3 Å². The fourth-order valence-electron chi connectivity index (χ4n) is 0.963. The quantitative estimate of drug-likeness (QED) is 0.778. The second-order valence-electron chi connectivity index (χ2n) is 2.87. The summed E-state index contributed by atoms with van der Waals surface area (Å²) in [5.74, 6) is -0.139. The Hall–Kier alpha value is -1.49. The first-order valence-electron chi connectivity index (χ1n) is 4.39. The van der Waals surface area contributed by atoms with Gasteiger partial charge in [0.25, 0.3) is 0 Å². The number of hydrogen-bond acceptors (Lipinski definition) is 3. The van der Waals surface area contributed by atoms with Gasteiger partial charge in [-0.05, 0) is 12.1 Å². The molecule has 0 aromatic heterocycles. The van der Waals surface area contributed by atoms with E-state index in [1.807, 2.05) is 18.2 Å². The summed E-state index contributed by atoms with van der Waals surface area (Å²) in [5, 5.41) is 2.70. The first-order chi connectivity index (χ1) is 7.18. The number of thioether (sulfide) groups is 1. The highest BCUT2D eigenvalue weighted by atomic mass is 32.2. The lowest BCUT2D eigenvalue weighted by Crippen LogP contribution is -2.18. The Morgan fingerprint density at radius 3 is 2.47 bits per heavy atom. The molecule has 0 fully saturated rings. The fourth-order valence-corrected chi connectivity index (χ4v) is 1.52. The molecule has 1 aromatic carbocycles. The molecular weight excluding hydrogens is 212 g/mol. The van der Waals surface area contributed by atoms with Crippen molar-refractivity contribution in [3.05, 3.63) is 30.3 Å². The number of para-hydroxylation sites is 1. The molecule has 15 heavy (non-hydrogen) atoms. The maximum atomic E-state index is 11.3. The molecule has 4 nitrogen and oxygen atoms in total. The molecular formula is C10H12N2O2S. The summed E-state index contributed by atoms with van der Waals surface area (Å²) in [7, 11) is 0. The van der Waals surface area contributed by atoms with E-state index in [2.05, 4.69) is 5.32 Å². The molecule has 0 atom stereocenters. The van der Waals surface area contributed by atoms with Crippen molar-refractivity contribution < 1.29 is 9.59 Å². The third-order valence-corrected chi connectivity index (χ3v) is 2.49. The van der Waals surface area contributed by atoms with Crippen molar-refractivity contribution in [1.82, 2.24) is 0 Å². The normalized spacial score (nSPS) is 9.60. The van der Waals surface area contributed by atoms with E-state index in [4.69, 9.17) is 5.73 Å². The van der Waals surface area contributed by atoms with Crippen LogP contribution in [0.1, 0.15) is 0 Å². The molecule has 3 N–H and O–H groups in total. The van der Waals surface area contributed by atoms with Crippen molar-refractivity contribution in [2.45, 2.75) is 0 Å². The zero-order valence-electron chi connectivity index (χ0n) is 8.10. The maximum absolute atomic E-state index is 11.3. The predicted molar refractivity (Wildman–Crippen MR) is 61.6 cm³/mol. The van der Waals surface area contributed by atoms with E-state index in [1.54, 1.807) is 12.1 Å². The number of carbonyl (C=O) groups excluding carboxylic acids is 2. The first-order valence-corrected chi connectivity index (χ1v) is 5.55. The van der Waals surface area contributed by atoms with Gasteiger partial charge in [0.15, 0.2) is 0 Å². The lowest BCUT2D eigenvalue weighted by molar-refractivity contribution is -0.115. The van der Waals surface area contributed by atoms with Gasteiger partial charge in [0.2, 0.25) is 11.8 Å². The van der Waals surface area contributed by atoms with Crippen LogP contribution >= 0.6 is 11.8 Å². The van der Waals surface area contributed by atoms with Gasteiger partial charge in [0.05, 0.1) is 11.5 Å². The van der Waals surface area contributed by atoms with Crippen LogP contribution in [0.3, 0.4) is 0 Å². The van der Waals surface area contributed by atoms with Crippen LogP contribution < -0.4 is 11.1 Å². The molecule has 0 heterocycles.